The highest BCUT2D eigenvalue weighted by Gasteiger charge is 2.16. The van der Waals surface area contributed by atoms with E-state index < -0.39 is 28.3 Å². The summed E-state index contributed by atoms with van der Waals surface area (Å²) < 4.78 is 26.8. The number of benzene rings is 1. The Morgan fingerprint density at radius 2 is 2.05 bits per heavy atom. The van der Waals surface area contributed by atoms with E-state index >= 15 is 0 Å². The fourth-order valence-electron chi connectivity index (χ4n) is 1.46. The maximum Gasteiger partial charge on any atom is 0.272 e. The summed E-state index contributed by atoms with van der Waals surface area (Å²) in [6, 6.07) is 5.25. The number of nitro benzene ring substituents is 1. The summed E-state index contributed by atoms with van der Waals surface area (Å²) in [6.07, 6.45) is 1.17. The summed E-state index contributed by atoms with van der Waals surface area (Å²) in [5, 5.41) is 12.6. The van der Waals surface area contributed by atoms with Crippen LogP contribution in [0.4, 0.5) is 20.2 Å². The van der Waals surface area contributed by atoms with Gasteiger partial charge >= 0.3 is 0 Å². The molecule has 102 valence electrons. The highest BCUT2D eigenvalue weighted by molar-refractivity contribution is 6.04. The lowest BCUT2D eigenvalue weighted by atomic mass is 10.2. The molecule has 0 aliphatic carbocycles. The van der Waals surface area contributed by atoms with Gasteiger partial charge in [-0.05, 0) is 18.2 Å². The number of carbonyl (C=O) groups is 1. The van der Waals surface area contributed by atoms with Crippen LogP contribution < -0.4 is 5.32 Å². The van der Waals surface area contributed by atoms with Crippen LogP contribution in [0.2, 0.25) is 0 Å². The zero-order chi connectivity index (χ0) is 14.7. The summed E-state index contributed by atoms with van der Waals surface area (Å²) in [4.78, 5) is 24.7. The van der Waals surface area contributed by atoms with Crippen molar-refractivity contribution < 1.29 is 18.5 Å². The molecule has 6 nitrogen and oxygen atoms in total. The van der Waals surface area contributed by atoms with Gasteiger partial charge in [0.2, 0.25) is 5.95 Å². The minimum atomic E-state index is -0.993. The largest absolute Gasteiger partial charge is 0.319 e. The predicted molar refractivity (Wildman–Crippen MR) is 65.2 cm³/mol. The van der Waals surface area contributed by atoms with E-state index in [-0.39, 0.29) is 11.3 Å². The average Bonchev–Trinajstić information content (AvgIpc) is 2.41. The molecule has 1 N–H and O–H groups in total. The Morgan fingerprint density at radius 3 is 2.65 bits per heavy atom. The SMILES string of the molecule is O=C(Nc1ccc([N+](=O)[O-])cc1F)c1cccnc1F. The van der Waals surface area contributed by atoms with Crippen molar-refractivity contribution in [3.05, 3.63) is 64.0 Å². The Hall–Kier alpha value is -2.90. The van der Waals surface area contributed by atoms with Gasteiger partial charge in [0.1, 0.15) is 0 Å². The number of pyridine rings is 1. The third kappa shape index (κ3) is 2.74. The molecule has 1 aromatic heterocycles. The minimum Gasteiger partial charge on any atom is -0.319 e. The lowest BCUT2D eigenvalue weighted by molar-refractivity contribution is -0.385. The van der Waals surface area contributed by atoms with Crippen LogP contribution in [-0.4, -0.2) is 15.8 Å². The van der Waals surface area contributed by atoms with Gasteiger partial charge in [0.25, 0.3) is 11.6 Å². The average molecular weight is 279 g/mol. The number of anilines is 1. The second-order valence-electron chi connectivity index (χ2n) is 3.72. The number of hydrogen-bond acceptors (Lipinski definition) is 4. The van der Waals surface area contributed by atoms with Gasteiger partial charge in [-0.25, -0.2) is 9.37 Å². The lowest BCUT2D eigenvalue weighted by Crippen LogP contribution is -2.15. The van der Waals surface area contributed by atoms with Crippen LogP contribution in [0, 0.1) is 21.9 Å². The van der Waals surface area contributed by atoms with Gasteiger partial charge in [0.05, 0.1) is 22.2 Å². The van der Waals surface area contributed by atoms with Gasteiger partial charge in [-0.2, -0.15) is 4.39 Å². The lowest BCUT2D eigenvalue weighted by Gasteiger charge is -2.06. The molecule has 0 radical (unpaired) electrons. The summed E-state index contributed by atoms with van der Waals surface area (Å²) in [6.45, 7) is 0. The fourth-order valence-corrected chi connectivity index (χ4v) is 1.46. The van der Waals surface area contributed by atoms with E-state index in [9.17, 15) is 23.7 Å². The Kier molecular flexibility index (Phi) is 3.65. The molecular weight excluding hydrogens is 272 g/mol. The fraction of sp³-hybridized carbons (Fsp3) is 0. The van der Waals surface area contributed by atoms with Gasteiger partial charge < -0.3 is 5.32 Å². The van der Waals surface area contributed by atoms with Gasteiger partial charge in [-0.3, -0.25) is 14.9 Å². The molecular formula is C12H7F2N3O3. The molecule has 0 fully saturated rings. The van der Waals surface area contributed by atoms with Crippen molar-refractivity contribution in [1.82, 2.24) is 4.98 Å². The molecule has 0 atom stereocenters. The standard InChI is InChI=1S/C12H7F2N3O3/c13-9-6-7(17(19)20)3-4-10(9)16-12(18)8-2-1-5-15-11(8)14/h1-6H,(H,16,18). The van der Waals surface area contributed by atoms with E-state index in [0.29, 0.717) is 6.07 Å². The second kappa shape index (κ2) is 5.39. The zero-order valence-electron chi connectivity index (χ0n) is 9.84. The molecule has 8 heteroatoms. The summed E-state index contributed by atoms with van der Waals surface area (Å²) in [7, 11) is 0. The number of nitro groups is 1. The van der Waals surface area contributed by atoms with Crippen molar-refractivity contribution in [3.63, 3.8) is 0 Å². The van der Waals surface area contributed by atoms with Crippen LogP contribution in [0.3, 0.4) is 0 Å². The van der Waals surface area contributed by atoms with Crippen molar-refractivity contribution >= 4 is 17.3 Å². The first-order valence-corrected chi connectivity index (χ1v) is 5.35. The Morgan fingerprint density at radius 1 is 1.30 bits per heavy atom. The number of aromatic nitrogens is 1. The van der Waals surface area contributed by atoms with Gasteiger partial charge in [-0.1, -0.05) is 0 Å². The molecule has 20 heavy (non-hydrogen) atoms. The second-order valence-corrected chi connectivity index (χ2v) is 3.72. The van der Waals surface area contributed by atoms with Crippen LogP contribution >= 0.6 is 0 Å². The van der Waals surface area contributed by atoms with Crippen molar-refractivity contribution in [2.45, 2.75) is 0 Å². The predicted octanol–water partition coefficient (Wildman–Crippen LogP) is 2.52. The number of rotatable bonds is 3. The van der Waals surface area contributed by atoms with E-state index in [1.165, 1.54) is 18.3 Å². The molecule has 0 unspecified atom stereocenters. The number of nitrogens with one attached hydrogen (secondary N) is 1. The van der Waals surface area contributed by atoms with Crippen LogP contribution in [0.25, 0.3) is 0 Å². The van der Waals surface area contributed by atoms with Crippen molar-refractivity contribution in [3.8, 4) is 0 Å². The Balaban J connectivity index is 2.25. The Labute approximate surface area is 111 Å². The molecule has 1 amide bonds. The number of nitrogens with zero attached hydrogens (tertiary/aromatic N) is 2. The van der Waals surface area contributed by atoms with E-state index in [4.69, 9.17) is 0 Å². The first kappa shape index (κ1) is 13.5. The van der Waals surface area contributed by atoms with Crippen molar-refractivity contribution in [1.29, 1.82) is 0 Å². The molecule has 2 aromatic rings. The van der Waals surface area contributed by atoms with E-state index in [2.05, 4.69) is 10.3 Å². The van der Waals surface area contributed by atoms with Gasteiger partial charge in [0.15, 0.2) is 5.82 Å². The normalized spacial score (nSPS) is 10.1. The highest BCUT2D eigenvalue weighted by Crippen LogP contribution is 2.21. The first-order chi connectivity index (χ1) is 9.49. The van der Waals surface area contributed by atoms with Crippen molar-refractivity contribution in [2.75, 3.05) is 5.32 Å². The van der Waals surface area contributed by atoms with E-state index in [1.54, 1.807) is 0 Å². The monoisotopic (exact) mass is 279 g/mol. The third-order valence-electron chi connectivity index (χ3n) is 2.42. The molecule has 2 rings (SSSR count). The van der Waals surface area contributed by atoms with E-state index in [1.807, 2.05) is 0 Å². The topological polar surface area (TPSA) is 85.1 Å². The molecule has 0 saturated heterocycles. The van der Waals surface area contributed by atoms with Crippen LogP contribution in [0.15, 0.2) is 36.5 Å². The number of halogens is 2. The van der Waals surface area contributed by atoms with E-state index in [0.717, 1.165) is 12.1 Å². The number of hydrogen-bond donors (Lipinski definition) is 1. The number of amides is 1. The maximum atomic E-state index is 13.6. The van der Waals surface area contributed by atoms with Gasteiger partial charge in [0, 0.05) is 12.3 Å². The van der Waals surface area contributed by atoms with Crippen LogP contribution in [0.5, 0.6) is 0 Å². The summed E-state index contributed by atoms with van der Waals surface area (Å²) >= 11 is 0. The number of carbonyl (C=O) groups excluding carboxylic acids is 1. The molecule has 0 aliphatic heterocycles. The van der Waals surface area contributed by atoms with Crippen molar-refractivity contribution in [2.24, 2.45) is 0 Å². The molecule has 0 bridgehead atoms. The number of non-ortho nitro benzene ring substituents is 1. The van der Waals surface area contributed by atoms with Crippen LogP contribution in [0.1, 0.15) is 10.4 Å². The first-order valence-electron chi connectivity index (χ1n) is 5.35. The Bertz CT molecular complexity index is 691. The maximum absolute atomic E-state index is 13.6. The minimum absolute atomic E-state index is 0.288. The molecule has 0 saturated carbocycles. The van der Waals surface area contributed by atoms with Crippen LogP contribution in [-0.2, 0) is 0 Å². The smallest absolute Gasteiger partial charge is 0.272 e. The van der Waals surface area contributed by atoms with Gasteiger partial charge in [-0.15, -0.1) is 0 Å². The third-order valence-corrected chi connectivity index (χ3v) is 2.42. The summed E-state index contributed by atoms with van der Waals surface area (Å²) in [5.74, 6) is -2.88. The zero-order valence-corrected chi connectivity index (χ0v) is 9.84. The summed E-state index contributed by atoms with van der Waals surface area (Å²) in [5.41, 5.74) is -1.10. The molecule has 0 aliphatic rings. The molecule has 1 heterocycles. The molecule has 0 spiro atoms. The quantitative estimate of drug-likeness (QED) is 0.531. The molecule has 1 aromatic carbocycles. The highest BCUT2D eigenvalue weighted by atomic mass is 19.1.